The highest BCUT2D eigenvalue weighted by atomic mass is 16.2. The largest absolute Gasteiger partial charge is 0.397 e. The molecule has 1 aromatic rings. The molecule has 5 nitrogen and oxygen atoms in total. The summed E-state index contributed by atoms with van der Waals surface area (Å²) in [5.74, 6) is 0.567. The number of nitrogen functional groups attached to an aromatic ring is 1. The van der Waals surface area contributed by atoms with Crippen LogP contribution in [0.1, 0.15) is 23.3 Å². The lowest BCUT2D eigenvalue weighted by Gasteiger charge is -2.31. The topological polar surface area (TPSA) is 62.5 Å². The van der Waals surface area contributed by atoms with Crippen molar-refractivity contribution in [3.8, 4) is 0 Å². The van der Waals surface area contributed by atoms with E-state index < -0.39 is 0 Å². The van der Waals surface area contributed by atoms with Gasteiger partial charge in [0.05, 0.1) is 11.9 Å². The number of pyridine rings is 1. The van der Waals surface area contributed by atoms with Crippen LogP contribution < -0.4 is 5.73 Å². The van der Waals surface area contributed by atoms with Gasteiger partial charge in [0.15, 0.2) is 0 Å². The lowest BCUT2D eigenvalue weighted by Crippen LogP contribution is -2.38. The van der Waals surface area contributed by atoms with Crippen LogP contribution in [0.5, 0.6) is 0 Å². The SMILES string of the molecule is CN1CCC(CN(C)C(=O)c2ccc(N)cn2)CC1. The zero-order valence-electron chi connectivity index (χ0n) is 11.7. The summed E-state index contributed by atoms with van der Waals surface area (Å²) in [7, 11) is 3.99. The molecule has 2 heterocycles. The van der Waals surface area contributed by atoms with Gasteiger partial charge in [-0.1, -0.05) is 0 Å². The Labute approximate surface area is 114 Å². The van der Waals surface area contributed by atoms with E-state index in [1.54, 1.807) is 17.0 Å². The van der Waals surface area contributed by atoms with Gasteiger partial charge in [-0.3, -0.25) is 4.79 Å². The minimum Gasteiger partial charge on any atom is -0.397 e. The van der Waals surface area contributed by atoms with E-state index in [-0.39, 0.29) is 5.91 Å². The van der Waals surface area contributed by atoms with Gasteiger partial charge >= 0.3 is 0 Å². The van der Waals surface area contributed by atoms with E-state index in [0.717, 1.165) is 32.5 Å². The van der Waals surface area contributed by atoms with Crippen molar-refractivity contribution in [1.29, 1.82) is 0 Å². The van der Waals surface area contributed by atoms with Gasteiger partial charge in [-0.25, -0.2) is 4.98 Å². The Morgan fingerprint density at radius 1 is 1.47 bits per heavy atom. The predicted molar refractivity (Wildman–Crippen MR) is 75.8 cm³/mol. The second-order valence-electron chi connectivity index (χ2n) is 5.41. The number of piperidine rings is 1. The first-order valence-electron chi connectivity index (χ1n) is 6.72. The highest BCUT2D eigenvalue weighted by molar-refractivity contribution is 5.92. The Morgan fingerprint density at radius 2 is 2.16 bits per heavy atom. The molecule has 0 radical (unpaired) electrons. The van der Waals surface area contributed by atoms with Crippen molar-refractivity contribution in [2.75, 3.05) is 39.5 Å². The summed E-state index contributed by atoms with van der Waals surface area (Å²) in [6.45, 7) is 3.04. The van der Waals surface area contributed by atoms with Crippen molar-refractivity contribution in [1.82, 2.24) is 14.8 Å². The van der Waals surface area contributed by atoms with Gasteiger partial charge in [0.25, 0.3) is 5.91 Å². The maximum Gasteiger partial charge on any atom is 0.272 e. The summed E-state index contributed by atoms with van der Waals surface area (Å²) in [6, 6.07) is 3.40. The second kappa shape index (κ2) is 6.02. The second-order valence-corrected chi connectivity index (χ2v) is 5.41. The van der Waals surface area contributed by atoms with Crippen molar-refractivity contribution in [2.45, 2.75) is 12.8 Å². The standard InChI is InChI=1S/C14H22N4O/c1-17-7-5-11(6-8-17)10-18(2)14(19)13-4-3-12(15)9-16-13/h3-4,9,11H,5-8,10,15H2,1-2H3. The van der Waals surface area contributed by atoms with E-state index in [2.05, 4.69) is 16.9 Å². The van der Waals surface area contributed by atoms with Crippen LogP contribution in [0, 0.1) is 5.92 Å². The van der Waals surface area contributed by atoms with Crippen LogP contribution in [0.4, 0.5) is 5.69 Å². The molecule has 104 valence electrons. The lowest BCUT2D eigenvalue weighted by atomic mass is 9.96. The third-order valence-corrected chi connectivity index (χ3v) is 3.72. The molecule has 0 spiro atoms. The lowest BCUT2D eigenvalue weighted by molar-refractivity contribution is 0.0741. The molecule has 2 N–H and O–H groups in total. The molecule has 1 aliphatic heterocycles. The first-order valence-corrected chi connectivity index (χ1v) is 6.72. The number of rotatable bonds is 3. The first-order chi connectivity index (χ1) is 9.06. The molecule has 0 unspecified atom stereocenters. The molecule has 1 fully saturated rings. The number of likely N-dealkylation sites (tertiary alicyclic amines) is 1. The Bertz CT molecular complexity index is 424. The summed E-state index contributed by atoms with van der Waals surface area (Å²) < 4.78 is 0. The summed E-state index contributed by atoms with van der Waals surface area (Å²) in [5.41, 5.74) is 6.61. The third-order valence-electron chi connectivity index (χ3n) is 3.72. The number of hydrogen-bond acceptors (Lipinski definition) is 4. The Hall–Kier alpha value is -1.62. The van der Waals surface area contributed by atoms with Crippen LogP contribution in [0.15, 0.2) is 18.3 Å². The maximum absolute atomic E-state index is 12.2. The van der Waals surface area contributed by atoms with Crippen LogP contribution in [0.25, 0.3) is 0 Å². The minimum absolute atomic E-state index is 0.0288. The zero-order chi connectivity index (χ0) is 13.8. The van der Waals surface area contributed by atoms with Gasteiger partial charge < -0.3 is 15.5 Å². The number of nitrogens with two attached hydrogens (primary N) is 1. The van der Waals surface area contributed by atoms with Gasteiger partial charge in [-0.05, 0) is 51.0 Å². The van der Waals surface area contributed by atoms with E-state index in [9.17, 15) is 4.79 Å². The molecule has 0 aliphatic carbocycles. The fourth-order valence-corrected chi connectivity index (χ4v) is 2.44. The zero-order valence-corrected chi connectivity index (χ0v) is 11.7. The van der Waals surface area contributed by atoms with Crippen molar-refractivity contribution in [3.63, 3.8) is 0 Å². The Morgan fingerprint density at radius 3 is 2.74 bits per heavy atom. The smallest absolute Gasteiger partial charge is 0.272 e. The van der Waals surface area contributed by atoms with Crippen molar-refractivity contribution in [2.24, 2.45) is 5.92 Å². The molecule has 0 saturated carbocycles. The monoisotopic (exact) mass is 262 g/mol. The molecule has 5 heteroatoms. The third kappa shape index (κ3) is 3.67. The average molecular weight is 262 g/mol. The number of carbonyl (C=O) groups is 1. The molecular weight excluding hydrogens is 240 g/mol. The van der Waals surface area contributed by atoms with E-state index in [4.69, 9.17) is 5.73 Å². The quantitative estimate of drug-likeness (QED) is 0.885. The van der Waals surface area contributed by atoms with Crippen LogP contribution >= 0.6 is 0 Å². The Balaban J connectivity index is 1.90. The average Bonchev–Trinajstić information content (AvgIpc) is 2.41. The highest BCUT2D eigenvalue weighted by Gasteiger charge is 2.21. The molecule has 1 aliphatic rings. The number of amides is 1. The molecule has 1 aromatic heterocycles. The molecule has 0 aromatic carbocycles. The summed E-state index contributed by atoms with van der Waals surface area (Å²) in [4.78, 5) is 20.4. The number of carbonyl (C=O) groups excluding carboxylic acids is 1. The number of nitrogens with zero attached hydrogens (tertiary/aromatic N) is 3. The van der Waals surface area contributed by atoms with E-state index in [0.29, 0.717) is 17.3 Å². The fraction of sp³-hybridized carbons (Fsp3) is 0.571. The van der Waals surface area contributed by atoms with Crippen LogP contribution in [-0.4, -0.2) is 54.4 Å². The highest BCUT2D eigenvalue weighted by Crippen LogP contribution is 2.17. The van der Waals surface area contributed by atoms with E-state index in [1.165, 1.54) is 6.20 Å². The molecule has 19 heavy (non-hydrogen) atoms. The van der Waals surface area contributed by atoms with Crippen LogP contribution in [-0.2, 0) is 0 Å². The molecule has 1 saturated heterocycles. The summed E-state index contributed by atoms with van der Waals surface area (Å²) in [6.07, 6.45) is 3.84. The first kappa shape index (κ1) is 13.8. The van der Waals surface area contributed by atoms with Crippen molar-refractivity contribution < 1.29 is 4.79 Å². The van der Waals surface area contributed by atoms with Crippen molar-refractivity contribution >= 4 is 11.6 Å². The number of hydrogen-bond donors (Lipinski definition) is 1. The Kier molecular flexibility index (Phi) is 4.37. The van der Waals surface area contributed by atoms with Gasteiger partial charge in [-0.15, -0.1) is 0 Å². The molecule has 0 bridgehead atoms. The summed E-state index contributed by atoms with van der Waals surface area (Å²) >= 11 is 0. The summed E-state index contributed by atoms with van der Waals surface area (Å²) in [5, 5.41) is 0. The van der Waals surface area contributed by atoms with Gasteiger partial charge in [-0.2, -0.15) is 0 Å². The molecule has 1 amide bonds. The minimum atomic E-state index is -0.0288. The molecule has 0 atom stereocenters. The van der Waals surface area contributed by atoms with Gasteiger partial charge in [0.2, 0.25) is 0 Å². The van der Waals surface area contributed by atoms with Crippen LogP contribution in [0.2, 0.25) is 0 Å². The number of aromatic nitrogens is 1. The normalized spacial score (nSPS) is 17.4. The molecular formula is C14H22N4O. The molecule has 2 rings (SSSR count). The van der Waals surface area contributed by atoms with Crippen LogP contribution in [0.3, 0.4) is 0 Å². The van der Waals surface area contributed by atoms with E-state index in [1.807, 2.05) is 7.05 Å². The van der Waals surface area contributed by atoms with Crippen molar-refractivity contribution in [3.05, 3.63) is 24.0 Å². The fourth-order valence-electron chi connectivity index (χ4n) is 2.44. The predicted octanol–water partition coefficient (Wildman–Crippen LogP) is 1.08. The van der Waals surface area contributed by atoms with Gasteiger partial charge in [0, 0.05) is 13.6 Å². The van der Waals surface area contributed by atoms with E-state index >= 15 is 0 Å². The maximum atomic E-state index is 12.2. The number of anilines is 1. The van der Waals surface area contributed by atoms with Gasteiger partial charge in [0.1, 0.15) is 5.69 Å².